The van der Waals surface area contributed by atoms with E-state index in [1.807, 2.05) is 30.3 Å². The van der Waals surface area contributed by atoms with Crippen LogP contribution >= 0.6 is 0 Å². The van der Waals surface area contributed by atoms with Gasteiger partial charge in [0.25, 0.3) is 0 Å². The molecule has 1 heterocycles. The number of anilines is 1. The molecule has 0 bridgehead atoms. The van der Waals surface area contributed by atoms with Gasteiger partial charge in [-0.2, -0.15) is 5.26 Å². The van der Waals surface area contributed by atoms with Crippen molar-refractivity contribution >= 4 is 17.8 Å². The predicted octanol–water partition coefficient (Wildman–Crippen LogP) is 4.25. The normalized spacial score (nSPS) is 10.2. The van der Waals surface area contributed by atoms with Gasteiger partial charge in [-0.3, -0.25) is 4.79 Å². The Balaban J connectivity index is 2.30. The molecule has 1 aromatic carbocycles. The Bertz CT molecular complexity index is 920. The fraction of sp³-hybridized carbons (Fsp3) is 0.391. The summed E-state index contributed by atoms with van der Waals surface area (Å²) in [7, 11) is 1.38. The van der Waals surface area contributed by atoms with E-state index in [-0.39, 0.29) is 12.6 Å². The highest BCUT2D eigenvalue weighted by Crippen LogP contribution is 2.33. The van der Waals surface area contributed by atoms with Gasteiger partial charge in [0.05, 0.1) is 25.0 Å². The summed E-state index contributed by atoms with van der Waals surface area (Å²) in [6, 6.07) is 11.5. The first-order valence-corrected chi connectivity index (χ1v) is 10.0. The number of benzene rings is 1. The zero-order valence-corrected chi connectivity index (χ0v) is 17.7. The number of aryl methyl sites for hydroxylation is 1. The Labute approximate surface area is 177 Å². The third-order valence-corrected chi connectivity index (χ3v) is 4.61. The second-order valence-electron chi connectivity index (χ2n) is 6.68. The molecule has 30 heavy (non-hydrogen) atoms. The predicted molar refractivity (Wildman–Crippen MR) is 114 cm³/mol. The van der Waals surface area contributed by atoms with E-state index in [0.717, 1.165) is 24.8 Å². The third-order valence-electron chi connectivity index (χ3n) is 4.61. The number of nitriles is 1. The van der Waals surface area contributed by atoms with Crippen LogP contribution in [0.2, 0.25) is 0 Å². The minimum Gasteiger partial charge on any atom is -0.469 e. The van der Waals surface area contributed by atoms with Crippen LogP contribution in [0.25, 0.3) is 11.1 Å². The molecule has 7 heteroatoms. The number of esters is 2. The summed E-state index contributed by atoms with van der Waals surface area (Å²) in [5, 5.41) is 13.1. The van der Waals surface area contributed by atoms with Crippen LogP contribution in [0.3, 0.4) is 0 Å². The van der Waals surface area contributed by atoms with Crippen molar-refractivity contribution in [3.63, 3.8) is 0 Å². The first-order valence-electron chi connectivity index (χ1n) is 10.0. The molecule has 0 aliphatic heterocycles. The first kappa shape index (κ1) is 22.9. The maximum absolute atomic E-state index is 12.6. The van der Waals surface area contributed by atoms with Gasteiger partial charge in [0.2, 0.25) is 0 Å². The van der Waals surface area contributed by atoms with E-state index in [9.17, 15) is 14.9 Å². The monoisotopic (exact) mass is 409 g/mol. The zero-order valence-electron chi connectivity index (χ0n) is 17.7. The molecule has 158 valence electrons. The van der Waals surface area contributed by atoms with E-state index in [1.54, 1.807) is 13.8 Å². The average molecular weight is 409 g/mol. The number of nitrogens with one attached hydrogen (secondary N) is 1. The molecular formula is C23H27N3O4. The van der Waals surface area contributed by atoms with Crippen LogP contribution in [0.5, 0.6) is 0 Å². The summed E-state index contributed by atoms with van der Waals surface area (Å²) in [4.78, 5) is 28.3. The SMILES string of the molecule is CCOC(=O)c1c(C)nc(NCCCCCC(=O)OC)c(C#N)c1-c1ccccc1. The number of nitrogens with zero attached hydrogens (tertiary/aromatic N) is 2. The van der Waals surface area contributed by atoms with Gasteiger partial charge in [-0.1, -0.05) is 36.8 Å². The van der Waals surface area contributed by atoms with Gasteiger partial charge in [0.15, 0.2) is 0 Å². The largest absolute Gasteiger partial charge is 0.469 e. The molecule has 0 aliphatic carbocycles. The van der Waals surface area contributed by atoms with E-state index < -0.39 is 5.97 Å². The summed E-state index contributed by atoms with van der Waals surface area (Å²) in [6.07, 6.45) is 2.78. The first-order chi connectivity index (χ1) is 14.5. The molecule has 1 aromatic heterocycles. The average Bonchev–Trinajstić information content (AvgIpc) is 2.76. The molecule has 0 unspecified atom stereocenters. The van der Waals surface area contributed by atoms with Crippen LogP contribution in [0.4, 0.5) is 5.82 Å². The van der Waals surface area contributed by atoms with Crippen molar-refractivity contribution in [1.29, 1.82) is 5.26 Å². The van der Waals surface area contributed by atoms with Crippen molar-refractivity contribution in [3.8, 4) is 17.2 Å². The molecule has 0 atom stereocenters. The molecule has 0 spiro atoms. The van der Waals surface area contributed by atoms with Gasteiger partial charge in [-0.05, 0) is 32.3 Å². The smallest absolute Gasteiger partial charge is 0.340 e. The minimum absolute atomic E-state index is 0.214. The van der Waals surface area contributed by atoms with Gasteiger partial charge in [-0.15, -0.1) is 0 Å². The number of carbonyl (C=O) groups excluding carboxylic acids is 2. The second kappa shape index (κ2) is 11.6. The highest BCUT2D eigenvalue weighted by molar-refractivity contribution is 6.01. The van der Waals surface area contributed by atoms with Crippen molar-refractivity contribution in [2.75, 3.05) is 25.6 Å². The highest BCUT2D eigenvalue weighted by Gasteiger charge is 2.24. The fourth-order valence-electron chi connectivity index (χ4n) is 3.17. The van der Waals surface area contributed by atoms with Crippen molar-refractivity contribution < 1.29 is 19.1 Å². The molecule has 0 saturated heterocycles. The molecule has 1 N–H and O–H groups in total. The Morgan fingerprint density at radius 3 is 2.53 bits per heavy atom. The topological polar surface area (TPSA) is 101 Å². The lowest BCUT2D eigenvalue weighted by atomic mass is 9.94. The van der Waals surface area contributed by atoms with Crippen LogP contribution in [-0.2, 0) is 14.3 Å². The van der Waals surface area contributed by atoms with Crippen LogP contribution < -0.4 is 5.32 Å². The summed E-state index contributed by atoms with van der Waals surface area (Å²) < 4.78 is 9.85. The van der Waals surface area contributed by atoms with Crippen molar-refractivity contribution in [1.82, 2.24) is 4.98 Å². The fourth-order valence-corrected chi connectivity index (χ4v) is 3.17. The molecule has 0 saturated carbocycles. The van der Waals surface area contributed by atoms with Gasteiger partial charge in [-0.25, -0.2) is 9.78 Å². The van der Waals surface area contributed by atoms with E-state index in [2.05, 4.69) is 21.1 Å². The Kier molecular flexibility index (Phi) is 8.82. The van der Waals surface area contributed by atoms with E-state index in [0.29, 0.717) is 41.2 Å². The second-order valence-corrected chi connectivity index (χ2v) is 6.68. The lowest BCUT2D eigenvalue weighted by Crippen LogP contribution is -2.15. The maximum Gasteiger partial charge on any atom is 0.340 e. The number of hydrogen-bond donors (Lipinski definition) is 1. The van der Waals surface area contributed by atoms with Crippen LogP contribution in [0, 0.1) is 18.3 Å². The Morgan fingerprint density at radius 1 is 1.17 bits per heavy atom. The number of methoxy groups -OCH3 is 1. The van der Waals surface area contributed by atoms with Crippen molar-refractivity contribution in [2.45, 2.75) is 39.5 Å². The molecule has 0 fully saturated rings. The number of unbranched alkanes of at least 4 members (excludes halogenated alkanes) is 2. The molecular weight excluding hydrogens is 382 g/mol. The molecule has 2 rings (SSSR count). The molecule has 0 radical (unpaired) electrons. The quantitative estimate of drug-likeness (QED) is 0.462. The summed E-state index contributed by atoms with van der Waals surface area (Å²) >= 11 is 0. The van der Waals surface area contributed by atoms with Crippen molar-refractivity contribution in [2.24, 2.45) is 0 Å². The van der Waals surface area contributed by atoms with Crippen LogP contribution in [0.1, 0.15) is 54.2 Å². The number of pyridine rings is 1. The summed E-state index contributed by atoms with van der Waals surface area (Å²) in [5.41, 5.74) is 2.40. The third kappa shape index (κ3) is 5.80. The Morgan fingerprint density at radius 2 is 1.90 bits per heavy atom. The highest BCUT2D eigenvalue weighted by atomic mass is 16.5. The standard InChI is InChI=1S/C23H27N3O4/c1-4-30-23(28)20-16(2)26-22(25-14-10-6-9-13-19(27)29-3)18(15-24)21(20)17-11-7-5-8-12-17/h5,7-8,11-12H,4,6,9-10,13-14H2,1-3H3,(H,25,26). The number of carbonyl (C=O) groups is 2. The van der Waals surface area contributed by atoms with Gasteiger partial charge in [0, 0.05) is 18.5 Å². The number of aromatic nitrogens is 1. The lowest BCUT2D eigenvalue weighted by Gasteiger charge is -2.17. The van der Waals surface area contributed by atoms with E-state index >= 15 is 0 Å². The lowest BCUT2D eigenvalue weighted by molar-refractivity contribution is -0.140. The number of hydrogen-bond acceptors (Lipinski definition) is 7. The van der Waals surface area contributed by atoms with E-state index in [1.165, 1.54) is 7.11 Å². The van der Waals surface area contributed by atoms with Gasteiger partial charge in [0.1, 0.15) is 17.5 Å². The van der Waals surface area contributed by atoms with Gasteiger partial charge >= 0.3 is 11.9 Å². The van der Waals surface area contributed by atoms with Gasteiger partial charge < -0.3 is 14.8 Å². The molecule has 7 nitrogen and oxygen atoms in total. The molecule has 2 aromatic rings. The maximum atomic E-state index is 12.6. The van der Waals surface area contributed by atoms with Crippen molar-refractivity contribution in [3.05, 3.63) is 47.2 Å². The molecule has 0 amide bonds. The number of ether oxygens (including phenoxy) is 2. The summed E-state index contributed by atoms with van der Waals surface area (Å²) in [5.74, 6) is -0.267. The number of rotatable bonds is 10. The van der Waals surface area contributed by atoms with E-state index in [4.69, 9.17) is 4.74 Å². The zero-order chi connectivity index (χ0) is 21.9. The summed E-state index contributed by atoms with van der Waals surface area (Å²) in [6.45, 7) is 4.31. The van der Waals surface area contributed by atoms with Crippen LogP contribution in [-0.4, -0.2) is 37.2 Å². The van der Waals surface area contributed by atoms with Crippen LogP contribution in [0.15, 0.2) is 30.3 Å². The molecule has 0 aliphatic rings. The Hall–Kier alpha value is -3.40. The minimum atomic E-state index is -0.493.